The molecule has 1 heterocycles. The maximum atomic E-state index is 10.6. The Kier molecular flexibility index (Phi) is 4.78. The molecule has 1 fully saturated rings. The van der Waals surface area contributed by atoms with Crippen molar-refractivity contribution in [1.29, 1.82) is 0 Å². The standard InChI is InChI=1S/C9H19N3O/c1-9(13)11-3-2-6-12-7-4-10-5-8-12/h10H,2-8H2,1H3,(H,11,13). The van der Waals surface area contributed by atoms with Crippen LogP contribution in [-0.4, -0.2) is 50.1 Å². The number of nitrogens with one attached hydrogen (secondary N) is 2. The van der Waals surface area contributed by atoms with Gasteiger partial charge in [0.25, 0.3) is 0 Å². The van der Waals surface area contributed by atoms with Crippen molar-refractivity contribution >= 4 is 5.91 Å². The van der Waals surface area contributed by atoms with E-state index in [2.05, 4.69) is 15.5 Å². The van der Waals surface area contributed by atoms with Crippen molar-refractivity contribution in [3.05, 3.63) is 0 Å². The van der Waals surface area contributed by atoms with E-state index in [0.29, 0.717) is 0 Å². The van der Waals surface area contributed by atoms with Crippen molar-refractivity contribution in [3.8, 4) is 0 Å². The van der Waals surface area contributed by atoms with Crippen LogP contribution >= 0.6 is 0 Å². The maximum Gasteiger partial charge on any atom is 0.216 e. The molecule has 1 amide bonds. The Labute approximate surface area is 79.7 Å². The van der Waals surface area contributed by atoms with Crippen LogP contribution in [0, 0.1) is 0 Å². The lowest BCUT2D eigenvalue weighted by atomic mass is 10.3. The third kappa shape index (κ3) is 4.85. The van der Waals surface area contributed by atoms with Crippen molar-refractivity contribution in [1.82, 2.24) is 15.5 Å². The molecule has 4 nitrogen and oxygen atoms in total. The van der Waals surface area contributed by atoms with Gasteiger partial charge in [-0.3, -0.25) is 4.79 Å². The molecular formula is C9H19N3O. The molecule has 1 saturated heterocycles. The maximum absolute atomic E-state index is 10.6. The van der Waals surface area contributed by atoms with Gasteiger partial charge in [0.05, 0.1) is 0 Å². The van der Waals surface area contributed by atoms with Crippen LogP contribution in [0.1, 0.15) is 13.3 Å². The molecule has 0 atom stereocenters. The highest BCUT2D eigenvalue weighted by molar-refractivity contribution is 5.72. The molecule has 0 spiro atoms. The molecule has 2 N–H and O–H groups in total. The number of piperazine rings is 1. The molecule has 0 aliphatic carbocycles. The van der Waals surface area contributed by atoms with E-state index in [0.717, 1.165) is 45.7 Å². The SMILES string of the molecule is CC(=O)NCCCN1CCNCC1. The molecule has 76 valence electrons. The van der Waals surface area contributed by atoms with E-state index < -0.39 is 0 Å². The summed E-state index contributed by atoms with van der Waals surface area (Å²) in [5.41, 5.74) is 0. The van der Waals surface area contributed by atoms with E-state index in [-0.39, 0.29) is 5.91 Å². The molecule has 4 heteroatoms. The summed E-state index contributed by atoms with van der Waals surface area (Å²) in [6.45, 7) is 7.94. The van der Waals surface area contributed by atoms with E-state index in [4.69, 9.17) is 0 Å². The van der Waals surface area contributed by atoms with Crippen LogP contribution < -0.4 is 10.6 Å². The zero-order chi connectivity index (χ0) is 9.52. The van der Waals surface area contributed by atoms with Gasteiger partial charge in [0.15, 0.2) is 0 Å². The molecule has 0 aromatic carbocycles. The van der Waals surface area contributed by atoms with E-state index in [1.165, 1.54) is 0 Å². The number of carbonyl (C=O) groups is 1. The summed E-state index contributed by atoms with van der Waals surface area (Å²) in [6, 6.07) is 0. The van der Waals surface area contributed by atoms with Gasteiger partial charge in [0.1, 0.15) is 0 Å². The minimum atomic E-state index is 0.0697. The van der Waals surface area contributed by atoms with Gasteiger partial charge >= 0.3 is 0 Å². The van der Waals surface area contributed by atoms with Crippen molar-refractivity contribution in [3.63, 3.8) is 0 Å². The Morgan fingerprint density at radius 1 is 1.46 bits per heavy atom. The zero-order valence-electron chi connectivity index (χ0n) is 8.31. The highest BCUT2D eigenvalue weighted by atomic mass is 16.1. The largest absolute Gasteiger partial charge is 0.356 e. The van der Waals surface area contributed by atoms with Gasteiger partial charge in [0.2, 0.25) is 5.91 Å². The highest BCUT2D eigenvalue weighted by Crippen LogP contribution is 1.93. The van der Waals surface area contributed by atoms with Gasteiger partial charge in [-0.2, -0.15) is 0 Å². The van der Waals surface area contributed by atoms with Crippen LogP contribution in [0.3, 0.4) is 0 Å². The van der Waals surface area contributed by atoms with E-state index in [1.54, 1.807) is 6.92 Å². The summed E-state index contributed by atoms with van der Waals surface area (Å²) in [5.74, 6) is 0.0697. The summed E-state index contributed by atoms with van der Waals surface area (Å²) in [7, 11) is 0. The van der Waals surface area contributed by atoms with Crippen LogP contribution in [0.2, 0.25) is 0 Å². The molecule has 0 aromatic heterocycles. The fraction of sp³-hybridized carbons (Fsp3) is 0.889. The van der Waals surface area contributed by atoms with Gasteiger partial charge in [-0.15, -0.1) is 0 Å². The second kappa shape index (κ2) is 5.94. The average Bonchev–Trinajstić information content (AvgIpc) is 2.14. The Bertz CT molecular complexity index is 155. The van der Waals surface area contributed by atoms with Gasteiger partial charge in [-0.1, -0.05) is 0 Å². The number of hydrogen-bond acceptors (Lipinski definition) is 3. The molecule has 1 aliphatic rings. The molecule has 1 rings (SSSR count). The predicted octanol–water partition coefficient (Wildman–Crippen LogP) is -0.582. The lowest BCUT2D eigenvalue weighted by Crippen LogP contribution is -2.44. The first-order chi connectivity index (χ1) is 6.29. The van der Waals surface area contributed by atoms with Gasteiger partial charge in [0, 0.05) is 39.6 Å². The first-order valence-electron chi connectivity index (χ1n) is 4.96. The number of nitrogens with zero attached hydrogens (tertiary/aromatic N) is 1. The topological polar surface area (TPSA) is 44.4 Å². The quantitative estimate of drug-likeness (QED) is 0.576. The lowest BCUT2D eigenvalue weighted by Gasteiger charge is -2.26. The van der Waals surface area contributed by atoms with Gasteiger partial charge in [-0.25, -0.2) is 0 Å². The second-order valence-corrected chi connectivity index (χ2v) is 3.43. The smallest absolute Gasteiger partial charge is 0.216 e. The van der Waals surface area contributed by atoms with Gasteiger partial charge in [-0.05, 0) is 13.0 Å². The first-order valence-corrected chi connectivity index (χ1v) is 4.96. The lowest BCUT2D eigenvalue weighted by molar-refractivity contribution is -0.118. The van der Waals surface area contributed by atoms with Crippen LogP contribution in [0.4, 0.5) is 0 Å². The van der Waals surface area contributed by atoms with E-state index in [9.17, 15) is 4.79 Å². The Hall–Kier alpha value is -0.610. The Balaban J connectivity index is 1.95. The minimum Gasteiger partial charge on any atom is -0.356 e. The predicted molar refractivity (Wildman–Crippen MR) is 52.6 cm³/mol. The second-order valence-electron chi connectivity index (χ2n) is 3.43. The molecule has 0 unspecified atom stereocenters. The van der Waals surface area contributed by atoms with E-state index in [1.807, 2.05) is 0 Å². The number of amides is 1. The normalized spacial score (nSPS) is 18.5. The summed E-state index contributed by atoms with van der Waals surface area (Å²) >= 11 is 0. The molecule has 1 aliphatic heterocycles. The summed E-state index contributed by atoms with van der Waals surface area (Å²) in [4.78, 5) is 13.0. The van der Waals surface area contributed by atoms with Gasteiger partial charge < -0.3 is 15.5 Å². The third-order valence-corrected chi connectivity index (χ3v) is 2.23. The van der Waals surface area contributed by atoms with Crippen LogP contribution in [0.15, 0.2) is 0 Å². The molecule has 0 radical (unpaired) electrons. The zero-order valence-corrected chi connectivity index (χ0v) is 8.31. The number of rotatable bonds is 4. The van der Waals surface area contributed by atoms with E-state index >= 15 is 0 Å². The van der Waals surface area contributed by atoms with Crippen molar-refractivity contribution in [2.45, 2.75) is 13.3 Å². The summed E-state index contributed by atoms with van der Waals surface area (Å²) in [6.07, 6.45) is 1.06. The monoisotopic (exact) mass is 185 g/mol. The molecule has 0 bridgehead atoms. The molecular weight excluding hydrogens is 166 g/mol. The van der Waals surface area contributed by atoms with Crippen LogP contribution in [-0.2, 0) is 4.79 Å². The summed E-state index contributed by atoms with van der Waals surface area (Å²) in [5, 5.41) is 6.12. The highest BCUT2D eigenvalue weighted by Gasteiger charge is 2.07. The fourth-order valence-electron chi connectivity index (χ4n) is 1.50. The molecule has 13 heavy (non-hydrogen) atoms. The Morgan fingerprint density at radius 2 is 2.15 bits per heavy atom. The number of hydrogen-bond donors (Lipinski definition) is 2. The summed E-state index contributed by atoms with van der Waals surface area (Å²) < 4.78 is 0. The van der Waals surface area contributed by atoms with Crippen molar-refractivity contribution < 1.29 is 4.79 Å². The van der Waals surface area contributed by atoms with Crippen LogP contribution in [0.5, 0.6) is 0 Å². The molecule has 0 saturated carbocycles. The Morgan fingerprint density at radius 3 is 2.77 bits per heavy atom. The number of carbonyl (C=O) groups excluding carboxylic acids is 1. The van der Waals surface area contributed by atoms with Crippen LogP contribution in [0.25, 0.3) is 0 Å². The van der Waals surface area contributed by atoms with Crippen molar-refractivity contribution in [2.75, 3.05) is 39.3 Å². The average molecular weight is 185 g/mol. The van der Waals surface area contributed by atoms with Crippen molar-refractivity contribution in [2.24, 2.45) is 0 Å². The molecule has 0 aromatic rings. The minimum absolute atomic E-state index is 0.0697. The first kappa shape index (κ1) is 10.5. The fourth-order valence-corrected chi connectivity index (χ4v) is 1.50. The third-order valence-electron chi connectivity index (χ3n) is 2.23.